The number of hydrogen-bond donors (Lipinski definition) is 1. The minimum absolute atomic E-state index is 0.0286. The maximum absolute atomic E-state index is 13.2. The Morgan fingerprint density at radius 3 is 2.29 bits per heavy atom. The van der Waals surface area contributed by atoms with E-state index in [2.05, 4.69) is 0 Å². The molecule has 2 unspecified atom stereocenters. The lowest BCUT2D eigenvalue weighted by Crippen LogP contribution is -2.45. The van der Waals surface area contributed by atoms with Crippen LogP contribution in [-0.2, 0) is 4.79 Å². The lowest BCUT2D eigenvalue weighted by atomic mass is 9.90. The van der Waals surface area contributed by atoms with Crippen molar-refractivity contribution in [1.29, 1.82) is 0 Å². The topological polar surface area (TPSA) is 57.6 Å². The highest BCUT2D eigenvalue weighted by Gasteiger charge is 2.32. The summed E-state index contributed by atoms with van der Waals surface area (Å²) in [5, 5.41) is 9.04. The van der Waals surface area contributed by atoms with E-state index in [9.17, 15) is 22.8 Å². The third kappa shape index (κ3) is 3.17. The zero-order valence-electron chi connectivity index (χ0n) is 11.3. The standard InChI is InChI=1S/C14H14F3NO3/c1-7-2-9(14(20)21)6-18(5-7)13(19)8-3-10(15)12(17)11(16)4-8/h3-4,7,9H,2,5-6H2,1H3,(H,20,21). The first-order chi connectivity index (χ1) is 9.79. The molecular formula is C14H14F3NO3. The molecule has 1 aliphatic rings. The Balaban J connectivity index is 2.25. The van der Waals surface area contributed by atoms with E-state index >= 15 is 0 Å². The molecule has 0 bridgehead atoms. The molecule has 4 nitrogen and oxygen atoms in total. The molecule has 2 rings (SSSR count). The fraction of sp³-hybridized carbons (Fsp3) is 0.429. The van der Waals surface area contributed by atoms with Gasteiger partial charge in [0.1, 0.15) is 0 Å². The number of rotatable bonds is 2. The smallest absolute Gasteiger partial charge is 0.308 e. The number of likely N-dealkylation sites (tertiary alicyclic amines) is 1. The summed E-state index contributed by atoms with van der Waals surface area (Å²) in [6.45, 7) is 2.06. The molecule has 0 aliphatic carbocycles. The molecule has 1 amide bonds. The Labute approximate surface area is 119 Å². The van der Waals surface area contributed by atoms with Crippen molar-refractivity contribution in [2.45, 2.75) is 13.3 Å². The van der Waals surface area contributed by atoms with Gasteiger partial charge in [0.15, 0.2) is 17.5 Å². The summed E-state index contributed by atoms with van der Waals surface area (Å²) in [5.74, 6) is -7.01. The summed E-state index contributed by atoms with van der Waals surface area (Å²) in [6.07, 6.45) is 0.436. The van der Waals surface area contributed by atoms with Gasteiger partial charge in [0.05, 0.1) is 5.92 Å². The molecule has 7 heteroatoms. The van der Waals surface area contributed by atoms with E-state index in [-0.39, 0.29) is 18.0 Å². The van der Waals surface area contributed by atoms with E-state index in [0.29, 0.717) is 25.1 Å². The Kier molecular flexibility index (Phi) is 4.20. The van der Waals surface area contributed by atoms with Crippen molar-refractivity contribution in [1.82, 2.24) is 4.90 Å². The molecule has 2 atom stereocenters. The van der Waals surface area contributed by atoms with E-state index in [1.165, 1.54) is 4.90 Å². The summed E-state index contributed by atoms with van der Waals surface area (Å²) in [4.78, 5) is 24.5. The van der Waals surface area contributed by atoms with Gasteiger partial charge in [-0.1, -0.05) is 6.92 Å². The van der Waals surface area contributed by atoms with Crippen LogP contribution < -0.4 is 0 Å². The van der Waals surface area contributed by atoms with Gasteiger partial charge in [-0.3, -0.25) is 9.59 Å². The first-order valence-corrected chi connectivity index (χ1v) is 6.46. The van der Waals surface area contributed by atoms with Crippen LogP contribution in [0.2, 0.25) is 0 Å². The number of amides is 1. The van der Waals surface area contributed by atoms with Gasteiger partial charge in [0.2, 0.25) is 0 Å². The van der Waals surface area contributed by atoms with Gasteiger partial charge in [-0.05, 0) is 24.5 Å². The van der Waals surface area contributed by atoms with Crippen LogP contribution in [0.15, 0.2) is 12.1 Å². The SMILES string of the molecule is CC1CC(C(=O)O)CN(C(=O)c2cc(F)c(F)c(F)c2)C1. The van der Waals surface area contributed by atoms with E-state index in [1.54, 1.807) is 6.92 Å². The van der Waals surface area contributed by atoms with Gasteiger partial charge in [-0.15, -0.1) is 0 Å². The number of nitrogens with zero attached hydrogens (tertiary/aromatic N) is 1. The molecule has 1 fully saturated rings. The molecule has 0 saturated carbocycles. The lowest BCUT2D eigenvalue weighted by molar-refractivity contribution is -0.143. The van der Waals surface area contributed by atoms with E-state index < -0.39 is 35.2 Å². The zero-order chi connectivity index (χ0) is 15.7. The fourth-order valence-corrected chi connectivity index (χ4v) is 2.56. The number of benzene rings is 1. The molecule has 1 N–H and O–H groups in total. The molecule has 1 saturated heterocycles. The van der Waals surface area contributed by atoms with Gasteiger partial charge in [0.25, 0.3) is 5.91 Å². The Hall–Kier alpha value is -2.05. The number of carbonyl (C=O) groups is 2. The van der Waals surface area contributed by atoms with Crippen molar-refractivity contribution < 1.29 is 27.9 Å². The molecule has 0 aromatic heterocycles. The van der Waals surface area contributed by atoms with E-state index in [0.717, 1.165) is 0 Å². The summed E-state index contributed by atoms with van der Waals surface area (Å²) < 4.78 is 39.2. The van der Waals surface area contributed by atoms with Crippen LogP contribution in [0.5, 0.6) is 0 Å². The second-order valence-electron chi connectivity index (χ2n) is 5.34. The quantitative estimate of drug-likeness (QED) is 0.853. The van der Waals surface area contributed by atoms with Crippen LogP contribution in [-0.4, -0.2) is 35.0 Å². The van der Waals surface area contributed by atoms with Crippen molar-refractivity contribution >= 4 is 11.9 Å². The molecule has 1 aliphatic heterocycles. The lowest BCUT2D eigenvalue weighted by Gasteiger charge is -2.34. The normalized spacial score (nSPS) is 22.2. The molecule has 1 heterocycles. The number of carbonyl (C=O) groups excluding carboxylic acids is 1. The summed E-state index contributed by atoms with van der Waals surface area (Å²) in [6, 6.07) is 1.24. The van der Waals surface area contributed by atoms with E-state index in [1.807, 2.05) is 0 Å². The third-order valence-electron chi connectivity index (χ3n) is 3.53. The van der Waals surface area contributed by atoms with Crippen molar-refractivity contribution in [2.24, 2.45) is 11.8 Å². The van der Waals surface area contributed by atoms with Crippen LogP contribution in [0.25, 0.3) is 0 Å². The molecule has 0 radical (unpaired) electrons. The average Bonchev–Trinajstić information content (AvgIpc) is 2.42. The maximum atomic E-state index is 13.2. The zero-order valence-corrected chi connectivity index (χ0v) is 11.3. The third-order valence-corrected chi connectivity index (χ3v) is 3.53. The highest BCUT2D eigenvalue weighted by Crippen LogP contribution is 2.24. The van der Waals surface area contributed by atoms with Crippen molar-refractivity contribution in [3.05, 3.63) is 35.1 Å². The predicted octanol–water partition coefficient (Wildman–Crippen LogP) is 2.29. The Morgan fingerprint density at radius 1 is 1.19 bits per heavy atom. The first-order valence-electron chi connectivity index (χ1n) is 6.46. The Bertz CT molecular complexity index is 568. The molecule has 0 spiro atoms. The second kappa shape index (κ2) is 5.75. The number of carboxylic acid groups (broad SMARTS) is 1. The number of halogens is 3. The largest absolute Gasteiger partial charge is 0.481 e. The van der Waals surface area contributed by atoms with Crippen LogP contribution in [0.3, 0.4) is 0 Å². The molecule has 21 heavy (non-hydrogen) atoms. The van der Waals surface area contributed by atoms with Crippen molar-refractivity contribution in [3.63, 3.8) is 0 Å². The Morgan fingerprint density at radius 2 is 1.76 bits per heavy atom. The van der Waals surface area contributed by atoms with Crippen molar-refractivity contribution in [2.75, 3.05) is 13.1 Å². The van der Waals surface area contributed by atoms with Gasteiger partial charge < -0.3 is 10.0 Å². The second-order valence-corrected chi connectivity index (χ2v) is 5.34. The van der Waals surface area contributed by atoms with Crippen molar-refractivity contribution in [3.8, 4) is 0 Å². The summed E-state index contributed by atoms with van der Waals surface area (Å²) in [5.41, 5.74) is -0.329. The van der Waals surface area contributed by atoms with Gasteiger partial charge in [0, 0.05) is 18.7 Å². The van der Waals surface area contributed by atoms with Gasteiger partial charge >= 0.3 is 5.97 Å². The average molecular weight is 301 g/mol. The summed E-state index contributed by atoms with van der Waals surface area (Å²) >= 11 is 0. The molecule has 114 valence electrons. The number of carboxylic acids is 1. The van der Waals surface area contributed by atoms with Crippen LogP contribution in [0, 0.1) is 29.3 Å². The van der Waals surface area contributed by atoms with Crippen LogP contribution >= 0.6 is 0 Å². The molecule has 1 aromatic rings. The minimum atomic E-state index is -1.64. The first kappa shape index (κ1) is 15.3. The fourth-order valence-electron chi connectivity index (χ4n) is 2.56. The summed E-state index contributed by atoms with van der Waals surface area (Å²) in [7, 11) is 0. The monoisotopic (exact) mass is 301 g/mol. The van der Waals surface area contributed by atoms with Crippen LogP contribution in [0.1, 0.15) is 23.7 Å². The minimum Gasteiger partial charge on any atom is -0.481 e. The van der Waals surface area contributed by atoms with Gasteiger partial charge in [-0.2, -0.15) is 0 Å². The van der Waals surface area contributed by atoms with E-state index in [4.69, 9.17) is 5.11 Å². The number of hydrogen-bond acceptors (Lipinski definition) is 2. The molecular weight excluding hydrogens is 287 g/mol. The maximum Gasteiger partial charge on any atom is 0.308 e. The number of piperidine rings is 1. The molecule has 1 aromatic carbocycles. The highest BCUT2D eigenvalue weighted by molar-refractivity contribution is 5.94. The highest BCUT2D eigenvalue weighted by atomic mass is 19.2. The number of aliphatic carboxylic acids is 1. The van der Waals surface area contributed by atoms with Gasteiger partial charge in [-0.25, -0.2) is 13.2 Å². The predicted molar refractivity (Wildman–Crippen MR) is 67.1 cm³/mol. The van der Waals surface area contributed by atoms with Crippen LogP contribution in [0.4, 0.5) is 13.2 Å².